The van der Waals surface area contributed by atoms with Gasteiger partial charge in [0.2, 0.25) is 0 Å². The minimum absolute atomic E-state index is 0.243. The van der Waals surface area contributed by atoms with Crippen LogP contribution in [0.3, 0.4) is 0 Å². The Morgan fingerprint density at radius 3 is 2.64 bits per heavy atom. The van der Waals surface area contributed by atoms with Crippen molar-refractivity contribution >= 4 is 15.9 Å². The molecule has 0 fully saturated rings. The summed E-state index contributed by atoms with van der Waals surface area (Å²) in [7, 11) is 2.00. The molecule has 0 aliphatic heterocycles. The third-order valence-corrected chi connectivity index (χ3v) is 3.65. The third kappa shape index (κ3) is 3.64. The van der Waals surface area contributed by atoms with E-state index in [9.17, 15) is 4.39 Å². The minimum atomic E-state index is -0.243. The summed E-state index contributed by atoms with van der Waals surface area (Å²) in [5.41, 5.74) is 1.73. The molecule has 2 aromatic heterocycles. The van der Waals surface area contributed by atoms with Gasteiger partial charge < -0.3 is 4.42 Å². The average molecular weight is 364 g/mol. The molecule has 0 bridgehead atoms. The van der Waals surface area contributed by atoms with E-state index in [0.29, 0.717) is 13.2 Å². The minimum Gasteiger partial charge on any atom is -0.453 e. The van der Waals surface area contributed by atoms with E-state index >= 15 is 0 Å². The van der Waals surface area contributed by atoms with E-state index in [1.165, 1.54) is 12.1 Å². The highest BCUT2D eigenvalue weighted by atomic mass is 79.9. The zero-order chi connectivity index (χ0) is 15.5. The summed E-state index contributed by atoms with van der Waals surface area (Å²) < 4.78 is 21.0. The van der Waals surface area contributed by atoms with E-state index in [2.05, 4.69) is 25.9 Å². The molecule has 0 aliphatic carbocycles. The second-order valence-corrected chi connectivity index (χ2v) is 5.89. The van der Waals surface area contributed by atoms with Gasteiger partial charge in [-0.25, -0.2) is 4.39 Å². The van der Waals surface area contributed by atoms with Gasteiger partial charge in [-0.1, -0.05) is 0 Å². The summed E-state index contributed by atoms with van der Waals surface area (Å²) in [6.07, 6.45) is 1.91. The summed E-state index contributed by atoms with van der Waals surface area (Å²) in [5, 5.41) is 4.51. The van der Waals surface area contributed by atoms with Crippen molar-refractivity contribution < 1.29 is 8.81 Å². The van der Waals surface area contributed by atoms with Crippen LogP contribution in [-0.2, 0) is 13.2 Å². The highest BCUT2D eigenvalue weighted by Gasteiger charge is 2.07. The molecule has 1 aromatic carbocycles. The Hall–Kier alpha value is -1.92. The van der Waals surface area contributed by atoms with Crippen molar-refractivity contribution in [3.05, 3.63) is 64.9 Å². The largest absolute Gasteiger partial charge is 0.453 e. The standard InChI is InChI=1S/C16H15BrFN3O/c1-20(10-14-6-7-16(17)22-14)11-21-9-8-15(19-21)12-2-4-13(18)5-3-12/h2-9H,10-11H2,1H3. The Kier molecular flexibility index (Phi) is 4.40. The Morgan fingerprint density at radius 2 is 1.95 bits per heavy atom. The molecule has 0 aliphatic rings. The molecular weight excluding hydrogens is 349 g/mol. The fourth-order valence-corrected chi connectivity index (χ4v) is 2.56. The van der Waals surface area contributed by atoms with Crippen molar-refractivity contribution in [2.24, 2.45) is 0 Å². The van der Waals surface area contributed by atoms with Crippen LogP contribution in [0, 0.1) is 5.82 Å². The summed E-state index contributed by atoms with van der Waals surface area (Å²) in [6.45, 7) is 1.33. The third-order valence-electron chi connectivity index (χ3n) is 3.22. The van der Waals surface area contributed by atoms with Crippen molar-refractivity contribution in [2.45, 2.75) is 13.2 Å². The summed E-state index contributed by atoms with van der Waals surface area (Å²) in [5.74, 6) is 0.646. The molecule has 3 aromatic rings. The first kappa shape index (κ1) is 15.0. The molecule has 4 nitrogen and oxygen atoms in total. The van der Waals surface area contributed by atoms with Crippen LogP contribution in [0.2, 0.25) is 0 Å². The van der Waals surface area contributed by atoms with Gasteiger partial charge in [-0.05, 0) is 65.4 Å². The molecule has 22 heavy (non-hydrogen) atoms. The smallest absolute Gasteiger partial charge is 0.169 e. The van der Waals surface area contributed by atoms with Crippen molar-refractivity contribution in [3.63, 3.8) is 0 Å². The summed E-state index contributed by atoms with van der Waals surface area (Å²) in [6, 6.07) is 12.1. The van der Waals surface area contributed by atoms with Crippen molar-refractivity contribution in [2.75, 3.05) is 7.05 Å². The highest BCUT2D eigenvalue weighted by molar-refractivity contribution is 9.10. The quantitative estimate of drug-likeness (QED) is 0.683. The van der Waals surface area contributed by atoms with Gasteiger partial charge in [0.15, 0.2) is 4.67 Å². The number of hydrogen-bond donors (Lipinski definition) is 0. The zero-order valence-corrected chi connectivity index (χ0v) is 13.6. The van der Waals surface area contributed by atoms with E-state index in [0.717, 1.165) is 21.7 Å². The predicted molar refractivity (Wildman–Crippen MR) is 85.5 cm³/mol. The van der Waals surface area contributed by atoms with Crippen LogP contribution < -0.4 is 0 Å². The van der Waals surface area contributed by atoms with Gasteiger partial charge in [-0.2, -0.15) is 5.10 Å². The average Bonchev–Trinajstić information content (AvgIpc) is 3.09. The van der Waals surface area contributed by atoms with Gasteiger partial charge in [-0.3, -0.25) is 9.58 Å². The van der Waals surface area contributed by atoms with Crippen molar-refractivity contribution in [1.29, 1.82) is 0 Å². The lowest BCUT2D eigenvalue weighted by Crippen LogP contribution is -2.21. The maximum Gasteiger partial charge on any atom is 0.169 e. The fraction of sp³-hybridized carbons (Fsp3) is 0.188. The predicted octanol–water partition coefficient (Wildman–Crippen LogP) is 4.13. The molecule has 0 unspecified atom stereocenters. The number of halogens is 2. The van der Waals surface area contributed by atoms with Crippen LogP contribution in [0.25, 0.3) is 11.3 Å². The first-order chi connectivity index (χ1) is 10.6. The highest BCUT2D eigenvalue weighted by Crippen LogP contribution is 2.18. The van der Waals surface area contributed by atoms with E-state index in [1.807, 2.05) is 36.1 Å². The maximum absolute atomic E-state index is 12.9. The number of furan rings is 1. The lowest BCUT2D eigenvalue weighted by Gasteiger charge is -2.14. The second kappa shape index (κ2) is 6.46. The molecule has 2 heterocycles. The molecule has 0 radical (unpaired) electrons. The molecule has 0 atom stereocenters. The molecule has 6 heteroatoms. The van der Waals surface area contributed by atoms with Crippen LogP contribution in [0.1, 0.15) is 5.76 Å². The lowest BCUT2D eigenvalue weighted by molar-refractivity contribution is 0.227. The second-order valence-electron chi connectivity index (χ2n) is 5.11. The van der Waals surface area contributed by atoms with Gasteiger partial charge in [0, 0.05) is 11.8 Å². The first-order valence-electron chi connectivity index (χ1n) is 6.82. The molecule has 0 amide bonds. The van der Waals surface area contributed by atoms with Crippen LogP contribution >= 0.6 is 15.9 Å². The number of rotatable bonds is 5. The summed E-state index contributed by atoms with van der Waals surface area (Å²) >= 11 is 3.29. The van der Waals surface area contributed by atoms with E-state index < -0.39 is 0 Å². The molecule has 0 saturated carbocycles. The number of benzene rings is 1. The Labute approximate surface area is 136 Å². The molecule has 0 saturated heterocycles. The van der Waals surface area contributed by atoms with Crippen molar-refractivity contribution in [3.8, 4) is 11.3 Å². The fourth-order valence-electron chi connectivity index (χ4n) is 2.22. The molecule has 0 N–H and O–H groups in total. The zero-order valence-electron chi connectivity index (χ0n) is 12.0. The molecule has 3 rings (SSSR count). The SMILES string of the molecule is CN(Cc1ccc(Br)o1)Cn1ccc(-c2ccc(F)cc2)n1. The number of aromatic nitrogens is 2. The Balaban J connectivity index is 1.65. The van der Waals surface area contributed by atoms with E-state index in [4.69, 9.17) is 4.42 Å². The van der Waals surface area contributed by atoms with Gasteiger partial charge in [-0.15, -0.1) is 0 Å². The first-order valence-corrected chi connectivity index (χ1v) is 7.61. The molecule has 0 spiro atoms. The van der Waals surface area contributed by atoms with Gasteiger partial charge in [0.25, 0.3) is 0 Å². The van der Waals surface area contributed by atoms with Gasteiger partial charge in [0.1, 0.15) is 11.6 Å². The van der Waals surface area contributed by atoms with Gasteiger partial charge >= 0.3 is 0 Å². The van der Waals surface area contributed by atoms with E-state index in [1.54, 1.807) is 12.1 Å². The van der Waals surface area contributed by atoms with Crippen molar-refractivity contribution in [1.82, 2.24) is 14.7 Å². The molecule has 114 valence electrons. The van der Waals surface area contributed by atoms with Gasteiger partial charge in [0.05, 0.1) is 18.9 Å². The normalized spacial score (nSPS) is 11.3. The lowest BCUT2D eigenvalue weighted by atomic mass is 10.1. The van der Waals surface area contributed by atoms with Crippen LogP contribution in [0.5, 0.6) is 0 Å². The van der Waals surface area contributed by atoms with E-state index in [-0.39, 0.29) is 5.82 Å². The van der Waals surface area contributed by atoms with Crippen LogP contribution in [0.4, 0.5) is 4.39 Å². The maximum atomic E-state index is 12.9. The topological polar surface area (TPSA) is 34.2 Å². The Bertz CT molecular complexity index is 751. The number of hydrogen-bond acceptors (Lipinski definition) is 3. The monoisotopic (exact) mass is 363 g/mol. The molecular formula is C16H15BrFN3O. The number of nitrogens with zero attached hydrogens (tertiary/aromatic N) is 3. The summed E-state index contributed by atoms with van der Waals surface area (Å²) in [4.78, 5) is 2.09. The Morgan fingerprint density at radius 1 is 1.18 bits per heavy atom. The van der Waals surface area contributed by atoms with Crippen LogP contribution in [0.15, 0.2) is 57.7 Å². The van der Waals surface area contributed by atoms with Crippen LogP contribution in [-0.4, -0.2) is 21.7 Å².